The average molecular weight is 262 g/mol. The van der Waals surface area contributed by atoms with Crippen LogP contribution in [0.25, 0.3) is 0 Å². The number of carbonyl (C=O) groups excluding carboxylic acids is 1. The van der Waals surface area contributed by atoms with Gasteiger partial charge in [-0.05, 0) is 44.5 Å². The Labute approximate surface area is 116 Å². The van der Waals surface area contributed by atoms with Crippen molar-refractivity contribution in [2.24, 2.45) is 0 Å². The predicted molar refractivity (Wildman–Crippen MR) is 81.7 cm³/mol. The Kier molecular flexibility index (Phi) is 7.01. The molecule has 0 saturated heterocycles. The molecule has 0 radical (unpaired) electrons. The molecule has 2 N–H and O–H groups in total. The second-order valence-electron chi connectivity index (χ2n) is 4.98. The Morgan fingerprint density at radius 2 is 1.84 bits per heavy atom. The fourth-order valence-electron chi connectivity index (χ4n) is 2.04. The molecule has 1 rings (SSSR count). The van der Waals surface area contributed by atoms with Crippen LogP contribution in [0.15, 0.2) is 24.3 Å². The summed E-state index contributed by atoms with van der Waals surface area (Å²) >= 11 is 0. The molecular formula is C16H26N2O. The summed E-state index contributed by atoms with van der Waals surface area (Å²) in [5, 5.41) is 6.26. The van der Waals surface area contributed by atoms with Crippen molar-refractivity contribution in [1.29, 1.82) is 0 Å². The van der Waals surface area contributed by atoms with Crippen LogP contribution in [0, 0.1) is 0 Å². The molecule has 0 heterocycles. The van der Waals surface area contributed by atoms with E-state index in [1.807, 2.05) is 31.2 Å². The number of hydrogen-bond acceptors (Lipinski definition) is 2. The van der Waals surface area contributed by atoms with Crippen LogP contribution >= 0.6 is 0 Å². The molecule has 1 amide bonds. The monoisotopic (exact) mass is 262 g/mol. The van der Waals surface area contributed by atoms with Crippen LogP contribution in [-0.4, -0.2) is 18.5 Å². The van der Waals surface area contributed by atoms with Crippen molar-refractivity contribution in [3.05, 3.63) is 29.8 Å². The lowest BCUT2D eigenvalue weighted by Crippen LogP contribution is -2.22. The Balaban J connectivity index is 2.45. The zero-order valence-corrected chi connectivity index (χ0v) is 12.3. The third kappa shape index (κ3) is 5.77. The van der Waals surface area contributed by atoms with Crippen LogP contribution in [0.2, 0.25) is 0 Å². The van der Waals surface area contributed by atoms with Gasteiger partial charge in [-0.3, -0.25) is 4.79 Å². The van der Waals surface area contributed by atoms with E-state index in [-0.39, 0.29) is 5.91 Å². The van der Waals surface area contributed by atoms with Crippen molar-refractivity contribution in [2.45, 2.75) is 52.5 Å². The van der Waals surface area contributed by atoms with Gasteiger partial charge in [0.05, 0.1) is 0 Å². The molecular weight excluding hydrogens is 236 g/mol. The minimum Gasteiger partial charge on any atom is -0.383 e. The summed E-state index contributed by atoms with van der Waals surface area (Å²) in [7, 11) is 0. The number of unbranched alkanes of at least 4 members (excludes halogenated alkanes) is 2. The highest BCUT2D eigenvalue weighted by atomic mass is 16.1. The normalized spacial score (nSPS) is 11.9. The predicted octanol–water partition coefficient (Wildman–Crippen LogP) is 3.82. The summed E-state index contributed by atoms with van der Waals surface area (Å²) in [5.41, 5.74) is 1.79. The van der Waals surface area contributed by atoms with E-state index in [2.05, 4.69) is 24.5 Å². The van der Waals surface area contributed by atoms with Crippen LogP contribution < -0.4 is 10.6 Å². The van der Waals surface area contributed by atoms with Crippen LogP contribution in [0.1, 0.15) is 56.8 Å². The SMILES string of the molecule is CCCCCC(C)Nc1ccc(C(=O)NCC)cc1. The van der Waals surface area contributed by atoms with Crippen molar-refractivity contribution in [3.63, 3.8) is 0 Å². The first-order valence-electron chi connectivity index (χ1n) is 7.32. The zero-order chi connectivity index (χ0) is 14.1. The highest BCUT2D eigenvalue weighted by Crippen LogP contribution is 2.13. The fourth-order valence-corrected chi connectivity index (χ4v) is 2.04. The van der Waals surface area contributed by atoms with Gasteiger partial charge in [0, 0.05) is 23.8 Å². The van der Waals surface area contributed by atoms with Crippen LogP contribution in [0.5, 0.6) is 0 Å². The summed E-state index contributed by atoms with van der Waals surface area (Å²) < 4.78 is 0. The number of rotatable bonds is 8. The van der Waals surface area contributed by atoms with Crippen molar-refractivity contribution < 1.29 is 4.79 Å². The summed E-state index contributed by atoms with van der Waals surface area (Å²) in [6, 6.07) is 8.15. The van der Waals surface area contributed by atoms with Gasteiger partial charge in [-0.2, -0.15) is 0 Å². The number of amides is 1. The first kappa shape index (κ1) is 15.5. The Morgan fingerprint density at radius 3 is 2.42 bits per heavy atom. The van der Waals surface area contributed by atoms with Gasteiger partial charge < -0.3 is 10.6 Å². The van der Waals surface area contributed by atoms with Crippen molar-refractivity contribution in [2.75, 3.05) is 11.9 Å². The first-order valence-corrected chi connectivity index (χ1v) is 7.32. The van der Waals surface area contributed by atoms with Crippen molar-refractivity contribution in [3.8, 4) is 0 Å². The van der Waals surface area contributed by atoms with E-state index in [0.29, 0.717) is 18.2 Å². The van der Waals surface area contributed by atoms with E-state index in [9.17, 15) is 4.79 Å². The standard InChI is InChI=1S/C16H26N2O/c1-4-6-7-8-13(3)18-15-11-9-14(10-12-15)16(19)17-5-2/h9-13,18H,4-8H2,1-3H3,(H,17,19). The molecule has 1 unspecified atom stereocenters. The minimum absolute atomic E-state index is 0.00922. The van der Waals surface area contributed by atoms with Gasteiger partial charge in [-0.25, -0.2) is 0 Å². The highest BCUT2D eigenvalue weighted by molar-refractivity contribution is 5.94. The summed E-state index contributed by atoms with van der Waals surface area (Å²) in [4.78, 5) is 11.6. The maximum Gasteiger partial charge on any atom is 0.251 e. The second kappa shape index (κ2) is 8.57. The summed E-state index contributed by atoms with van der Waals surface area (Å²) in [5.74, 6) is -0.00922. The lowest BCUT2D eigenvalue weighted by molar-refractivity contribution is 0.0956. The van der Waals surface area contributed by atoms with Crippen molar-refractivity contribution in [1.82, 2.24) is 5.32 Å². The van der Waals surface area contributed by atoms with Crippen LogP contribution in [0.4, 0.5) is 5.69 Å². The van der Waals surface area contributed by atoms with Gasteiger partial charge in [0.25, 0.3) is 5.91 Å². The highest BCUT2D eigenvalue weighted by Gasteiger charge is 2.05. The van der Waals surface area contributed by atoms with Gasteiger partial charge in [0.2, 0.25) is 0 Å². The zero-order valence-electron chi connectivity index (χ0n) is 12.3. The third-order valence-corrected chi connectivity index (χ3v) is 3.14. The maximum absolute atomic E-state index is 11.6. The van der Waals surface area contributed by atoms with Gasteiger partial charge in [-0.1, -0.05) is 26.2 Å². The second-order valence-corrected chi connectivity index (χ2v) is 4.98. The lowest BCUT2D eigenvalue weighted by Gasteiger charge is -2.15. The van der Waals surface area contributed by atoms with Gasteiger partial charge in [0.15, 0.2) is 0 Å². The largest absolute Gasteiger partial charge is 0.383 e. The molecule has 0 aliphatic carbocycles. The molecule has 0 aliphatic heterocycles. The molecule has 1 aromatic carbocycles. The maximum atomic E-state index is 11.6. The molecule has 106 valence electrons. The number of benzene rings is 1. The number of hydrogen-bond donors (Lipinski definition) is 2. The van der Waals surface area contributed by atoms with E-state index < -0.39 is 0 Å². The van der Waals surface area contributed by atoms with Crippen LogP contribution in [0.3, 0.4) is 0 Å². The van der Waals surface area contributed by atoms with E-state index >= 15 is 0 Å². The third-order valence-electron chi connectivity index (χ3n) is 3.14. The molecule has 3 heteroatoms. The smallest absolute Gasteiger partial charge is 0.251 e. The number of carbonyl (C=O) groups is 1. The molecule has 1 atom stereocenters. The molecule has 0 saturated carbocycles. The Morgan fingerprint density at radius 1 is 1.16 bits per heavy atom. The molecule has 19 heavy (non-hydrogen) atoms. The molecule has 0 fully saturated rings. The lowest BCUT2D eigenvalue weighted by atomic mass is 10.1. The van der Waals surface area contributed by atoms with Crippen LogP contribution in [-0.2, 0) is 0 Å². The van der Waals surface area contributed by atoms with Crippen molar-refractivity contribution >= 4 is 11.6 Å². The molecule has 0 aromatic heterocycles. The van der Waals surface area contributed by atoms with E-state index in [1.54, 1.807) is 0 Å². The molecule has 0 aliphatic rings. The van der Waals surface area contributed by atoms with E-state index in [1.165, 1.54) is 25.7 Å². The van der Waals surface area contributed by atoms with E-state index in [0.717, 1.165) is 5.69 Å². The topological polar surface area (TPSA) is 41.1 Å². The average Bonchev–Trinajstić information content (AvgIpc) is 2.40. The van der Waals surface area contributed by atoms with E-state index in [4.69, 9.17) is 0 Å². The Bertz CT molecular complexity index is 373. The quantitative estimate of drug-likeness (QED) is 0.699. The number of nitrogens with one attached hydrogen (secondary N) is 2. The number of anilines is 1. The summed E-state index contributed by atoms with van der Waals surface area (Å²) in [6.45, 7) is 7.00. The molecule has 3 nitrogen and oxygen atoms in total. The molecule has 1 aromatic rings. The fraction of sp³-hybridized carbons (Fsp3) is 0.562. The minimum atomic E-state index is -0.00922. The molecule has 0 spiro atoms. The summed E-state index contributed by atoms with van der Waals surface area (Å²) in [6.07, 6.45) is 5.00. The Hall–Kier alpha value is -1.51. The van der Waals surface area contributed by atoms with Gasteiger partial charge in [-0.15, -0.1) is 0 Å². The molecule has 0 bridgehead atoms. The van der Waals surface area contributed by atoms with Gasteiger partial charge >= 0.3 is 0 Å². The van der Waals surface area contributed by atoms with Gasteiger partial charge in [0.1, 0.15) is 0 Å². The first-order chi connectivity index (χ1) is 9.17.